The van der Waals surface area contributed by atoms with Gasteiger partial charge in [0.05, 0.1) is 16.3 Å². The van der Waals surface area contributed by atoms with Crippen LogP contribution in [0.1, 0.15) is 5.56 Å². The van der Waals surface area contributed by atoms with Gasteiger partial charge in [0.25, 0.3) is 0 Å². The molecule has 0 radical (unpaired) electrons. The molecule has 0 atom stereocenters. The Morgan fingerprint density at radius 3 is 2.33 bits per heavy atom. The first kappa shape index (κ1) is 20.0. The second-order valence-corrected chi connectivity index (χ2v) is 7.31. The van der Waals surface area contributed by atoms with Gasteiger partial charge >= 0.3 is 6.18 Å². The summed E-state index contributed by atoms with van der Waals surface area (Å²) in [5.74, 6) is 0. The average Bonchev–Trinajstić information content (AvgIpc) is 2.63. The van der Waals surface area contributed by atoms with Gasteiger partial charge in [0, 0.05) is 36.9 Å². The molecule has 0 bridgehead atoms. The van der Waals surface area contributed by atoms with E-state index in [0.29, 0.717) is 52.7 Å². The van der Waals surface area contributed by atoms with Crippen LogP contribution in [0.15, 0.2) is 42.5 Å². The molecule has 0 amide bonds. The van der Waals surface area contributed by atoms with Crippen molar-refractivity contribution in [2.24, 2.45) is 0 Å². The van der Waals surface area contributed by atoms with Crippen molar-refractivity contribution in [1.29, 1.82) is 0 Å². The maximum atomic E-state index is 12.9. The van der Waals surface area contributed by atoms with Crippen LogP contribution >= 0.6 is 35.4 Å². The summed E-state index contributed by atoms with van der Waals surface area (Å²) < 4.78 is 38.7. The molecule has 2 aromatic rings. The quantitative estimate of drug-likeness (QED) is 0.627. The van der Waals surface area contributed by atoms with E-state index in [1.165, 1.54) is 12.1 Å². The molecule has 144 valence electrons. The van der Waals surface area contributed by atoms with Crippen molar-refractivity contribution in [1.82, 2.24) is 4.90 Å². The van der Waals surface area contributed by atoms with Gasteiger partial charge in [-0.3, -0.25) is 0 Å². The lowest BCUT2D eigenvalue weighted by Gasteiger charge is -2.37. The number of halogens is 5. The van der Waals surface area contributed by atoms with Gasteiger partial charge < -0.3 is 15.1 Å². The predicted molar refractivity (Wildman–Crippen MR) is 108 cm³/mol. The molecular weight excluding hydrogens is 418 g/mol. The monoisotopic (exact) mass is 433 g/mol. The Morgan fingerprint density at radius 1 is 1.00 bits per heavy atom. The number of piperazine rings is 1. The fraction of sp³-hybridized carbons (Fsp3) is 0.278. The zero-order valence-corrected chi connectivity index (χ0v) is 16.4. The van der Waals surface area contributed by atoms with Crippen LogP contribution in [-0.2, 0) is 6.18 Å². The van der Waals surface area contributed by atoms with Crippen molar-refractivity contribution >= 4 is 51.9 Å². The van der Waals surface area contributed by atoms with E-state index in [-0.39, 0.29) is 0 Å². The van der Waals surface area contributed by atoms with E-state index in [0.717, 1.165) is 6.07 Å². The number of hydrogen-bond acceptors (Lipinski definition) is 2. The number of thiocarbonyl (C=S) groups is 1. The van der Waals surface area contributed by atoms with Crippen LogP contribution in [0.3, 0.4) is 0 Å². The third-order valence-corrected chi connectivity index (χ3v) is 5.19. The van der Waals surface area contributed by atoms with E-state index < -0.39 is 11.7 Å². The highest BCUT2D eigenvalue weighted by molar-refractivity contribution is 7.80. The summed E-state index contributed by atoms with van der Waals surface area (Å²) >= 11 is 17.5. The number of hydrogen-bond donors (Lipinski definition) is 1. The van der Waals surface area contributed by atoms with Crippen molar-refractivity contribution in [2.75, 3.05) is 36.4 Å². The molecule has 0 aliphatic carbocycles. The first-order valence-corrected chi connectivity index (χ1v) is 9.33. The molecule has 1 aliphatic rings. The predicted octanol–water partition coefficient (Wildman–Crippen LogP) is 5.53. The summed E-state index contributed by atoms with van der Waals surface area (Å²) in [4.78, 5) is 3.88. The maximum absolute atomic E-state index is 12.9. The molecule has 0 spiro atoms. The van der Waals surface area contributed by atoms with Gasteiger partial charge in [-0.2, -0.15) is 13.2 Å². The molecule has 27 heavy (non-hydrogen) atoms. The zero-order valence-electron chi connectivity index (χ0n) is 14.1. The largest absolute Gasteiger partial charge is 0.416 e. The molecule has 1 N–H and O–H groups in total. The average molecular weight is 434 g/mol. The van der Waals surface area contributed by atoms with E-state index in [4.69, 9.17) is 35.4 Å². The molecule has 1 heterocycles. The number of benzene rings is 2. The van der Waals surface area contributed by atoms with Gasteiger partial charge in [0.2, 0.25) is 0 Å². The van der Waals surface area contributed by atoms with E-state index in [9.17, 15) is 13.2 Å². The van der Waals surface area contributed by atoms with Gasteiger partial charge in [-0.1, -0.05) is 29.3 Å². The number of anilines is 2. The van der Waals surface area contributed by atoms with Crippen molar-refractivity contribution < 1.29 is 13.2 Å². The van der Waals surface area contributed by atoms with Crippen LogP contribution in [0, 0.1) is 0 Å². The van der Waals surface area contributed by atoms with Gasteiger partial charge in [-0.25, -0.2) is 0 Å². The van der Waals surface area contributed by atoms with Crippen LogP contribution in [0.5, 0.6) is 0 Å². The van der Waals surface area contributed by atoms with Crippen LogP contribution in [-0.4, -0.2) is 36.2 Å². The van der Waals surface area contributed by atoms with Crippen LogP contribution in [0.25, 0.3) is 0 Å². The van der Waals surface area contributed by atoms with E-state index in [1.54, 1.807) is 24.3 Å². The number of alkyl halides is 3. The third-order valence-electron chi connectivity index (χ3n) is 4.28. The second-order valence-electron chi connectivity index (χ2n) is 6.08. The molecule has 0 aromatic heterocycles. The lowest BCUT2D eigenvalue weighted by atomic mass is 10.1. The van der Waals surface area contributed by atoms with E-state index in [2.05, 4.69) is 5.32 Å². The van der Waals surface area contributed by atoms with Crippen molar-refractivity contribution in [2.45, 2.75) is 6.18 Å². The molecular formula is C18H16Cl2F3N3S. The first-order chi connectivity index (χ1) is 12.7. The molecule has 1 saturated heterocycles. The third kappa shape index (κ3) is 4.97. The fourth-order valence-corrected chi connectivity index (χ4v) is 3.58. The molecule has 2 aromatic carbocycles. The summed E-state index contributed by atoms with van der Waals surface area (Å²) in [5, 5.41) is 4.61. The molecule has 1 fully saturated rings. The number of rotatable bonds is 2. The second kappa shape index (κ2) is 8.12. The Labute approximate surface area is 170 Å². The zero-order chi connectivity index (χ0) is 19.6. The lowest BCUT2D eigenvalue weighted by Crippen LogP contribution is -2.50. The summed E-state index contributed by atoms with van der Waals surface area (Å²) in [6, 6.07) is 10.5. The van der Waals surface area contributed by atoms with Crippen molar-refractivity contribution in [3.05, 3.63) is 58.1 Å². The molecule has 0 saturated carbocycles. The Hall–Kier alpha value is -1.70. The van der Waals surface area contributed by atoms with Crippen LogP contribution in [0.4, 0.5) is 24.5 Å². The summed E-state index contributed by atoms with van der Waals surface area (Å²) in [6.45, 7) is 2.32. The van der Waals surface area contributed by atoms with Crippen LogP contribution < -0.4 is 10.2 Å². The minimum absolute atomic E-state index is 0.465. The number of nitrogens with one attached hydrogen (secondary N) is 1. The highest BCUT2D eigenvalue weighted by Gasteiger charge is 2.31. The molecule has 1 aliphatic heterocycles. The smallest absolute Gasteiger partial charge is 0.368 e. The van der Waals surface area contributed by atoms with Crippen LogP contribution in [0.2, 0.25) is 10.0 Å². The number of nitrogens with zero attached hydrogens (tertiary/aromatic N) is 2. The van der Waals surface area contributed by atoms with Gasteiger partial charge in [-0.15, -0.1) is 0 Å². The SMILES string of the molecule is FC(F)(F)c1cccc(N2CCN(C(=S)Nc3ccc(Cl)cc3Cl)CC2)c1. The fourth-order valence-electron chi connectivity index (χ4n) is 2.83. The standard InChI is InChI=1S/C18H16Cl2F3N3S/c19-13-4-5-16(15(20)11-13)24-17(27)26-8-6-25(7-9-26)14-3-1-2-12(10-14)18(21,22)23/h1-5,10-11H,6-9H2,(H,24,27). The molecule has 3 nitrogen and oxygen atoms in total. The Kier molecular flexibility index (Phi) is 6.03. The topological polar surface area (TPSA) is 18.5 Å². The Balaban J connectivity index is 1.61. The first-order valence-electron chi connectivity index (χ1n) is 8.17. The molecule has 3 rings (SSSR count). The Bertz CT molecular complexity index is 837. The minimum Gasteiger partial charge on any atom is -0.368 e. The van der Waals surface area contributed by atoms with E-state index in [1.807, 2.05) is 9.80 Å². The van der Waals surface area contributed by atoms with Crippen molar-refractivity contribution in [3.8, 4) is 0 Å². The Morgan fingerprint density at radius 2 is 1.70 bits per heavy atom. The molecule has 0 unspecified atom stereocenters. The minimum atomic E-state index is -4.35. The summed E-state index contributed by atoms with van der Waals surface area (Å²) in [7, 11) is 0. The molecule has 9 heteroatoms. The van der Waals surface area contributed by atoms with E-state index >= 15 is 0 Å². The summed E-state index contributed by atoms with van der Waals surface area (Å²) in [5.41, 5.74) is 0.576. The maximum Gasteiger partial charge on any atom is 0.416 e. The summed E-state index contributed by atoms with van der Waals surface area (Å²) in [6.07, 6.45) is -4.35. The normalized spacial score (nSPS) is 15.0. The van der Waals surface area contributed by atoms with Gasteiger partial charge in [0.1, 0.15) is 0 Å². The highest BCUT2D eigenvalue weighted by Crippen LogP contribution is 2.32. The van der Waals surface area contributed by atoms with Crippen molar-refractivity contribution in [3.63, 3.8) is 0 Å². The van der Waals surface area contributed by atoms with Gasteiger partial charge in [-0.05, 0) is 48.6 Å². The van der Waals surface area contributed by atoms with Gasteiger partial charge in [0.15, 0.2) is 5.11 Å². The highest BCUT2D eigenvalue weighted by atomic mass is 35.5. The lowest BCUT2D eigenvalue weighted by molar-refractivity contribution is -0.137.